The lowest BCUT2D eigenvalue weighted by Crippen LogP contribution is -2.25. The molecule has 2 amide bonds. The molecule has 0 aromatic heterocycles. The van der Waals surface area contributed by atoms with Crippen LogP contribution in [0, 0.1) is 0 Å². The van der Waals surface area contributed by atoms with Crippen LogP contribution in [0.2, 0.25) is 0 Å². The molecule has 0 saturated carbocycles. The van der Waals surface area contributed by atoms with Gasteiger partial charge in [-0.2, -0.15) is 5.10 Å². The summed E-state index contributed by atoms with van der Waals surface area (Å²) in [5.41, 5.74) is 4.08. The molecule has 148 valence electrons. The molecule has 0 unspecified atom stereocenters. The van der Waals surface area contributed by atoms with Crippen molar-refractivity contribution in [1.29, 1.82) is 0 Å². The van der Waals surface area contributed by atoms with Crippen LogP contribution in [0.5, 0.6) is 11.5 Å². The molecule has 2 aromatic rings. The Labute approximate surface area is 172 Å². The van der Waals surface area contributed by atoms with Crippen molar-refractivity contribution in [2.75, 3.05) is 14.2 Å². The number of ether oxygens (including phenoxy) is 2. The number of amides is 2. The van der Waals surface area contributed by atoms with E-state index in [1.54, 1.807) is 19.2 Å². The molecule has 28 heavy (non-hydrogen) atoms. The molecular weight excluding hydrogens is 426 g/mol. The minimum absolute atomic E-state index is 0.0431. The average molecular weight is 448 g/mol. The van der Waals surface area contributed by atoms with Gasteiger partial charge in [-0.25, -0.2) is 5.43 Å². The summed E-state index contributed by atoms with van der Waals surface area (Å²) in [7, 11) is 3.09. The van der Waals surface area contributed by atoms with E-state index in [4.69, 9.17) is 9.47 Å². The summed E-state index contributed by atoms with van der Waals surface area (Å²) in [6.07, 6.45) is 1.60. The summed E-state index contributed by atoms with van der Waals surface area (Å²) in [5, 5.41) is 6.70. The largest absolute Gasteiger partial charge is 0.496 e. The van der Waals surface area contributed by atoms with Gasteiger partial charge in [-0.3, -0.25) is 9.59 Å². The van der Waals surface area contributed by atoms with E-state index < -0.39 is 0 Å². The van der Waals surface area contributed by atoms with Crippen LogP contribution in [-0.4, -0.2) is 32.2 Å². The zero-order valence-corrected chi connectivity index (χ0v) is 17.3. The minimum atomic E-state index is -0.349. The fourth-order valence-corrected chi connectivity index (χ4v) is 2.85. The van der Waals surface area contributed by atoms with Crippen LogP contribution in [-0.2, 0) is 16.1 Å². The van der Waals surface area contributed by atoms with Crippen LogP contribution >= 0.6 is 15.9 Å². The van der Waals surface area contributed by atoms with Crippen LogP contribution in [0.15, 0.2) is 52.0 Å². The number of hydrazone groups is 1. The number of halogens is 1. The number of methoxy groups -OCH3 is 2. The van der Waals surface area contributed by atoms with E-state index in [1.807, 2.05) is 30.3 Å². The molecule has 0 bridgehead atoms. The molecule has 0 atom stereocenters. The van der Waals surface area contributed by atoms with Crippen molar-refractivity contribution in [2.45, 2.75) is 19.4 Å². The summed E-state index contributed by atoms with van der Waals surface area (Å²) >= 11 is 3.39. The van der Waals surface area contributed by atoms with Crippen molar-refractivity contribution < 1.29 is 19.1 Å². The fraction of sp³-hybridized carbons (Fsp3) is 0.250. The number of benzene rings is 2. The van der Waals surface area contributed by atoms with Gasteiger partial charge in [-0.15, -0.1) is 0 Å². The molecule has 0 aliphatic heterocycles. The van der Waals surface area contributed by atoms with Crippen molar-refractivity contribution >= 4 is 34.0 Å². The van der Waals surface area contributed by atoms with E-state index >= 15 is 0 Å². The van der Waals surface area contributed by atoms with Gasteiger partial charge in [0.25, 0.3) is 0 Å². The summed E-state index contributed by atoms with van der Waals surface area (Å²) in [5.74, 6) is 0.638. The number of carbonyl (C=O) groups excluding carboxylic acids is 2. The van der Waals surface area contributed by atoms with Crippen LogP contribution in [0.4, 0.5) is 0 Å². The van der Waals surface area contributed by atoms with Gasteiger partial charge < -0.3 is 14.8 Å². The molecule has 0 aliphatic carbocycles. The Balaban J connectivity index is 1.79. The zero-order chi connectivity index (χ0) is 20.4. The lowest BCUT2D eigenvalue weighted by atomic mass is 10.2. The Morgan fingerprint density at radius 1 is 1.04 bits per heavy atom. The third-order valence-corrected chi connectivity index (χ3v) is 4.43. The molecule has 8 heteroatoms. The number of hydrogen-bond acceptors (Lipinski definition) is 5. The van der Waals surface area contributed by atoms with E-state index in [2.05, 4.69) is 31.8 Å². The maximum atomic E-state index is 11.9. The number of carbonyl (C=O) groups is 2. The van der Waals surface area contributed by atoms with Gasteiger partial charge in [0.05, 0.1) is 24.9 Å². The Hall–Kier alpha value is -2.87. The van der Waals surface area contributed by atoms with E-state index in [0.29, 0.717) is 23.6 Å². The highest BCUT2D eigenvalue weighted by Crippen LogP contribution is 2.31. The number of hydrogen-bond donors (Lipinski definition) is 2. The summed E-state index contributed by atoms with van der Waals surface area (Å²) in [4.78, 5) is 23.7. The topological polar surface area (TPSA) is 89.0 Å². The second-order valence-corrected chi connectivity index (χ2v) is 6.64. The summed E-state index contributed by atoms with van der Waals surface area (Å²) in [6, 6.07) is 13.1. The van der Waals surface area contributed by atoms with Crippen molar-refractivity contribution in [3.63, 3.8) is 0 Å². The smallest absolute Gasteiger partial charge is 0.240 e. The lowest BCUT2D eigenvalue weighted by molar-refractivity contribution is -0.126. The number of nitrogens with zero attached hydrogens (tertiary/aromatic N) is 1. The predicted molar refractivity (Wildman–Crippen MR) is 111 cm³/mol. The predicted octanol–water partition coefficient (Wildman–Crippen LogP) is 3.01. The standard InChI is InChI=1S/C20H22BrN3O4/c1-27-17-11-18(28-2)16(21)10-15(17)13-23-24-20(26)9-8-19(25)22-12-14-6-4-3-5-7-14/h3-7,10-11,13H,8-9,12H2,1-2H3,(H,22,25)(H,24,26)/b23-13-. The summed E-state index contributed by atoms with van der Waals surface area (Å²) < 4.78 is 11.2. The highest BCUT2D eigenvalue weighted by atomic mass is 79.9. The second-order valence-electron chi connectivity index (χ2n) is 5.78. The Bertz CT molecular complexity index is 841. The Kier molecular flexibility index (Phi) is 8.48. The third kappa shape index (κ3) is 6.70. The van der Waals surface area contributed by atoms with Gasteiger partial charge in [-0.1, -0.05) is 30.3 Å². The molecular formula is C20H22BrN3O4. The SMILES string of the molecule is COc1cc(OC)c(/C=N\NC(=O)CCC(=O)NCc2ccccc2)cc1Br. The molecule has 0 heterocycles. The normalized spacial score (nSPS) is 10.5. The molecule has 0 radical (unpaired) electrons. The monoisotopic (exact) mass is 447 g/mol. The second kappa shape index (κ2) is 11.1. The van der Waals surface area contributed by atoms with Gasteiger partial charge in [0.1, 0.15) is 11.5 Å². The van der Waals surface area contributed by atoms with Crippen LogP contribution in [0.1, 0.15) is 24.0 Å². The Morgan fingerprint density at radius 2 is 1.71 bits per heavy atom. The first-order valence-corrected chi connectivity index (χ1v) is 9.37. The molecule has 0 saturated heterocycles. The van der Waals surface area contributed by atoms with Crippen molar-refractivity contribution in [1.82, 2.24) is 10.7 Å². The molecule has 0 fully saturated rings. The van der Waals surface area contributed by atoms with Gasteiger partial charge in [-0.05, 0) is 27.6 Å². The first-order chi connectivity index (χ1) is 13.5. The lowest BCUT2D eigenvalue weighted by Gasteiger charge is -2.09. The van der Waals surface area contributed by atoms with Crippen LogP contribution in [0.3, 0.4) is 0 Å². The first kappa shape index (κ1) is 21.4. The molecule has 2 rings (SSSR count). The molecule has 0 spiro atoms. The minimum Gasteiger partial charge on any atom is -0.496 e. The number of nitrogens with one attached hydrogen (secondary N) is 2. The van der Waals surface area contributed by atoms with Crippen LogP contribution in [0.25, 0.3) is 0 Å². The van der Waals surface area contributed by atoms with Gasteiger partial charge >= 0.3 is 0 Å². The first-order valence-electron chi connectivity index (χ1n) is 8.57. The van der Waals surface area contributed by atoms with E-state index in [0.717, 1.165) is 10.0 Å². The molecule has 7 nitrogen and oxygen atoms in total. The maximum absolute atomic E-state index is 11.9. The summed E-state index contributed by atoms with van der Waals surface area (Å²) in [6.45, 7) is 0.436. The highest BCUT2D eigenvalue weighted by molar-refractivity contribution is 9.10. The van der Waals surface area contributed by atoms with Gasteiger partial charge in [0.15, 0.2) is 0 Å². The van der Waals surface area contributed by atoms with E-state index in [1.165, 1.54) is 13.3 Å². The zero-order valence-electron chi connectivity index (χ0n) is 15.7. The molecule has 2 aromatic carbocycles. The van der Waals surface area contributed by atoms with Crippen molar-refractivity contribution in [3.8, 4) is 11.5 Å². The highest BCUT2D eigenvalue weighted by Gasteiger charge is 2.09. The molecule has 2 N–H and O–H groups in total. The fourth-order valence-electron chi connectivity index (χ4n) is 2.33. The van der Waals surface area contributed by atoms with E-state index in [-0.39, 0.29) is 24.7 Å². The van der Waals surface area contributed by atoms with Crippen molar-refractivity contribution in [3.05, 3.63) is 58.1 Å². The van der Waals surface area contributed by atoms with E-state index in [9.17, 15) is 9.59 Å². The van der Waals surface area contributed by atoms with Gasteiger partial charge in [0, 0.05) is 31.0 Å². The number of rotatable bonds is 9. The third-order valence-electron chi connectivity index (χ3n) is 3.81. The van der Waals surface area contributed by atoms with Crippen LogP contribution < -0.4 is 20.2 Å². The maximum Gasteiger partial charge on any atom is 0.240 e. The quantitative estimate of drug-likeness (QED) is 0.456. The van der Waals surface area contributed by atoms with Crippen molar-refractivity contribution in [2.24, 2.45) is 5.10 Å². The van der Waals surface area contributed by atoms with Gasteiger partial charge in [0.2, 0.25) is 11.8 Å². The Morgan fingerprint density at radius 3 is 2.39 bits per heavy atom. The molecule has 0 aliphatic rings. The average Bonchev–Trinajstić information content (AvgIpc) is 2.71.